The van der Waals surface area contributed by atoms with Crippen molar-refractivity contribution in [1.82, 2.24) is 5.32 Å². The molecule has 1 aliphatic rings. The summed E-state index contributed by atoms with van der Waals surface area (Å²) in [6.07, 6.45) is 0.260. The molecule has 1 aliphatic heterocycles. The Hall–Kier alpha value is -2.44. The minimum atomic E-state index is -0.368. The number of ether oxygens (including phenoxy) is 2. The van der Waals surface area contributed by atoms with Crippen LogP contribution in [0, 0.1) is 0 Å². The lowest BCUT2D eigenvalue weighted by Crippen LogP contribution is -2.26. The molecule has 0 atom stereocenters. The number of anilines is 1. The Morgan fingerprint density at radius 1 is 1.19 bits per heavy atom. The molecule has 142 valence electrons. The molecule has 1 N–H and O–H groups in total. The maximum atomic E-state index is 12.2. The van der Waals surface area contributed by atoms with Gasteiger partial charge in [0.2, 0.25) is 0 Å². The van der Waals surface area contributed by atoms with Crippen LogP contribution in [0.3, 0.4) is 0 Å². The number of amides is 2. The molecule has 0 unspecified atom stereocenters. The highest BCUT2D eigenvalue weighted by atomic mass is 35.5. The fourth-order valence-corrected chi connectivity index (χ4v) is 3.03. The van der Waals surface area contributed by atoms with Gasteiger partial charge in [-0.15, -0.1) is 0 Å². The maximum absolute atomic E-state index is 12.2. The molecule has 2 aromatic rings. The molecule has 2 amide bonds. The van der Waals surface area contributed by atoms with Gasteiger partial charge in [-0.05, 0) is 48.9 Å². The Balaban J connectivity index is 1.42. The van der Waals surface area contributed by atoms with E-state index in [1.54, 1.807) is 42.5 Å². The Morgan fingerprint density at radius 3 is 2.63 bits per heavy atom. The summed E-state index contributed by atoms with van der Waals surface area (Å²) in [5.41, 5.74) is 1.23. The van der Waals surface area contributed by atoms with Gasteiger partial charge in [0.05, 0.1) is 18.2 Å². The number of halogens is 2. The summed E-state index contributed by atoms with van der Waals surface area (Å²) >= 11 is 11.9. The lowest BCUT2D eigenvalue weighted by molar-refractivity contribution is 0.0951. The molecule has 8 heteroatoms. The van der Waals surface area contributed by atoms with Crippen LogP contribution in [-0.2, 0) is 4.74 Å². The highest BCUT2D eigenvalue weighted by molar-refractivity contribution is 6.35. The van der Waals surface area contributed by atoms with E-state index in [4.69, 9.17) is 32.7 Å². The van der Waals surface area contributed by atoms with E-state index in [0.717, 1.165) is 0 Å². The van der Waals surface area contributed by atoms with E-state index < -0.39 is 0 Å². The molecule has 3 rings (SSSR count). The predicted molar refractivity (Wildman–Crippen MR) is 104 cm³/mol. The number of cyclic esters (lactones) is 1. The highest BCUT2D eigenvalue weighted by Crippen LogP contribution is 2.27. The minimum absolute atomic E-state index is 0.185. The molecule has 2 aromatic carbocycles. The van der Waals surface area contributed by atoms with E-state index in [-0.39, 0.29) is 12.0 Å². The van der Waals surface area contributed by atoms with Crippen molar-refractivity contribution in [2.75, 3.05) is 31.2 Å². The van der Waals surface area contributed by atoms with Gasteiger partial charge in [0.1, 0.15) is 12.4 Å². The number of carbonyl (C=O) groups excluding carboxylic acids is 2. The van der Waals surface area contributed by atoms with Gasteiger partial charge in [-0.25, -0.2) is 4.79 Å². The average molecular weight is 409 g/mol. The molecule has 1 saturated heterocycles. The maximum Gasteiger partial charge on any atom is 0.414 e. The van der Waals surface area contributed by atoms with E-state index in [2.05, 4.69) is 5.32 Å². The molecule has 1 fully saturated rings. The van der Waals surface area contributed by atoms with Crippen LogP contribution < -0.4 is 15.0 Å². The molecule has 6 nitrogen and oxygen atoms in total. The Labute approximate surface area is 167 Å². The standard InChI is InChI=1S/C19H18Cl2N2O4/c20-14-4-7-17(16(21)12-14)26-10-1-8-22-18(24)13-2-5-15(6-3-13)23-9-11-27-19(23)25/h2-7,12H,1,8-11H2,(H,22,24). The molecule has 0 spiro atoms. The third-order valence-corrected chi connectivity index (χ3v) is 4.49. The number of hydrogen-bond acceptors (Lipinski definition) is 4. The van der Waals surface area contributed by atoms with Crippen molar-refractivity contribution in [3.8, 4) is 5.75 Å². The first kappa shape index (κ1) is 19.3. The summed E-state index contributed by atoms with van der Waals surface area (Å²) in [7, 11) is 0. The number of carbonyl (C=O) groups is 2. The minimum Gasteiger partial charge on any atom is -0.492 e. The van der Waals surface area contributed by atoms with Crippen LogP contribution in [0.15, 0.2) is 42.5 Å². The van der Waals surface area contributed by atoms with Crippen molar-refractivity contribution in [2.45, 2.75) is 6.42 Å². The zero-order chi connectivity index (χ0) is 19.2. The second-order valence-corrected chi connectivity index (χ2v) is 6.69. The molecule has 0 aliphatic carbocycles. The smallest absolute Gasteiger partial charge is 0.414 e. The van der Waals surface area contributed by atoms with Gasteiger partial charge >= 0.3 is 6.09 Å². The van der Waals surface area contributed by atoms with Crippen molar-refractivity contribution in [1.29, 1.82) is 0 Å². The summed E-state index contributed by atoms with van der Waals surface area (Å²) in [6, 6.07) is 11.9. The van der Waals surface area contributed by atoms with Crippen molar-refractivity contribution in [2.24, 2.45) is 0 Å². The van der Waals surface area contributed by atoms with Crippen molar-refractivity contribution in [3.63, 3.8) is 0 Å². The monoisotopic (exact) mass is 408 g/mol. The first-order valence-electron chi connectivity index (χ1n) is 8.45. The summed E-state index contributed by atoms with van der Waals surface area (Å²) < 4.78 is 10.5. The zero-order valence-corrected chi connectivity index (χ0v) is 15.9. The molecule has 27 heavy (non-hydrogen) atoms. The summed E-state index contributed by atoms with van der Waals surface area (Å²) in [5, 5.41) is 3.83. The fourth-order valence-electron chi connectivity index (χ4n) is 2.57. The average Bonchev–Trinajstić information content (AvgIpc) is 3.09. The molecular weight excluding hydrogens is 391 g/mol. The van der Waals surface area contributed by atoms with Gasteiger partial charge in [-0.1, -0.05) is 23.2 Å². The van der Waals surface area contributed by atoms with Crippen LogP contribution in [0.5, 0.6) is 5.75 Å². The van der Waals surface area contributed by atoms with E-state index in [0.29, 0.717) is 59.8 Å². The van der Waals surface area contributed by atoms with Gasteiger partial charge in [0.15, 0.2) is 0 Å². The molecule has 0 saturated carbocycles. The molecule has 0 aromatic heterocycles. The zero-order valence-electron chi connectivity index (χ0n) is 14.4. The molecule has 0 radical (unpaired) electrons. The van der Waals surface area contributed by atoms with Crippen LogP contribution in [0.4, 0.5) is 10.5 Å². The van der Waals surface area contributed by atoms with Crippen LogP contribution in [0.2, 0.25) is 10.0 Å². The van der Waals surface area contributed by atoms with E-state index in [9.17, 15) is 9.59 Å². The van der Waals surface area contributed by atoms with Gasteiger partial charge in [-0.3, -0.25) is 9.69 Å². The van der Waals surface area contributed by atoms with Crippen LogP contribution in [0.25, 0.3) is 0 Å². The Kier molecular flexibility index (Phi) is 6.42. The topological polar surface area (TPSA) is 67.9 Å². The first-order chi connectivity index (χ1) is 13.0. The summed E-state index contributed by atoms with van der Waals surface area (Å²) in [5.74, 6) is 0.374. The molecule has 1 heterocycles. The second kappa shape index (κ2) is 8.97. The van der Waals surface area contributed by atoms with Crippen molar-refractivity contribution in [3.05, 3.63) is 58.1 Å². The third kappa shape index (κ3) is 5.05. The van der Waals surface area contributed by atoms with Gasteiger partial charge in [-0.2, -0.15) is 0 Å². The number of hydrogen-bond donors (Lipinski definition) is 1. The van der Waals surface area contributed by atoms with E-state index in [1.807, 2.05) is 0 Å². The van der Waals surface area contributed by atoms with Crippen molar-refractivity contribution >= 4 is 40.9 Å². The summed E-state index contributed by atoms with van der Waals surface area (Å²) in [4.78, 5) is 25.2. The van der Waals surface area contributed by atoms with Crippen LogP contribution >= 0.6 is 23.2 Å². The lowest BCUT2D eigenvalue weighted by atomic mass is 10.2. The van der Waals surface area contributed by atoms with E-state index >= 15 is 0 Å². The summed E-state index contributed by atoms with van der Waals surface area (Å²) in [6.45, 7) is 1.77. The molecule has 0 bridgehead atoms. The van der Waals surface area contributed by atoms with Crippen LogP contribution in [0.1, 0.15) is 16.8 Å². The second-order valence-electron chi connectivity index (χ2n) is 5.85. The van der Waals surface area contributed by atoms with Gasteiger partial charge in [0.25, 0.3) is 5.91 Å². The Morgan fingerprint density at radius 2 is 1.96 bits per heavy atom. The number of rotatable bonds is 7. The molecular formula is C19H18Cl2N2O4. The number of nitrogens with zero attached hydrogens (tertiary/aromatic N) is 1. The van der Waals surface area contributed by atoms with E-state index in [1.165, 1.54) is 4.90 Å². The highest BCUT2D eigenvalue weighted by Gasteiger charge is 2.23. The van der Waals surface area contributed by atoms with Crippen LogP contribution in [-0.4, -0.2) is 38.3 Å². The SMILES string of the molecule is O=C(NCCCOc1ccc(Cl)cc1Cl)c1ccc(N2CCOC2=O)cc1. The number of nitrogens with one attached hydrogen (secondary N) is 1. The van der Waals surface area contributed by atoms with Gasteiger partial charge < -0.3 is 14.8 Å². The normalized spacial score (nSPS) is 13.4. The fraction of sp³-hybridized carbons (Fsp3) is 0.263. The predicted octanol–water partition coefficient (Wildman–Crippen LogP) is 4.15. The van der Waals surface area contributed by atoms with Gasteiger partial charge in [0, 0.05) is 22.8 Å². The van der Waals surface area contributed by atoms with Crippen molar-refractivity contribution < 1.29 is 19.1 Å². The third-order valence-electron chi connectivity index (χ3n) is 3.96. The largest absolute Gasteiger partial charge is 0.492 e. The lowest BCUT2D eigenvalue weighted by Gasteiger charge is -2.13. The quantitative estimate of drug-likeness (QED) is 0.698. The first-order valence-corrected chi connectivity index (χ1v) is 9.20. The Bertz CT molecular complexity index is 827. The number of benzene rings is 2.